The average Bonchev–Trinajstić information content (AvgIpc) is 2.86. The molecule has 72 valence electrons. The smallest absolute Gasteiger partial charge is 0.0772 e. The van der Waals surface area contributed by atoms with Crippen molar-refractivity contribution in [1.82, 2.24) is 14.9 Å². The number of aromatic nitrogens is 2. The van der Waals surface area contributed by atoms with Gasteiger partial charge in [0.15, 0.2) is 0 Å². The largest absolute Gasteiger partial charge is 0.309 e. The third kappa shape index (κ3) is 1.89. The fourth-order valence-corrected chi connectivity index (χ4v) is 2.46. The van der Waals surface area contributed by atoms with Crippen molar-refractivity contribution in [3.8, 4) is 0 Å². The lowest BCUT2D eigenvalue weighted by Crippen LogP contribution is -2.22. The van der Waals surface area contributed by atoms with Gasteiger partial charge in [-0.2, -0.15) is 0 Å². The maximum Gasteiger partial charge on any atom is 0.0772 e. The molecule has 1 N–H and O–H groups in total. The molecular formula is C9H15N3S. The van der Waals surface area contributed by atoms with Crippen molar-refractivity contribution in [1.29, 1.82) is 0 Å². The van der Waals surface area contributed by atoms with Gasteiger partial charge in [-0.1, -0.05) is 11.4 Å². The summed E-state index contributed by atoms with van der Waals surface area (Å²) in [7, 11) is 0. The Kier molecular flexibility index (Phi) is 2.60. The fraction of sp³-hybridized carbons (Fsp3) is 0.778. The Bertz CT molecular complexity index is 280. The van der Waals surface area contributed by atoms with Crippen LogP contribution in [0.5, 0.6) is 0 Å². The number of aryl methyl sites for hydroxylation is 1. The van der Waals surface area contributed by atoms with Crippen LogP contribution < -0.4 is 5.32 Å². The molecule has 0 amide bonds. The third-order valence-electron chi connectivity index (χ3n) is 2.49. The molecule has 1 atom stereocenters. The van der Waals surface area contributed by atoms with E-state index in [4.69, 9.17) is 0 Å². The Morgan fingerprint density at radius 1 is 1.62 bits per heavy atom. The Hall–Kier alpha value is -0.480. The lowest BCUT2D eigenvalue weighted by molar-refractivity contribution is 0.501. The number of hydrogen-bond donors (Lipinski definition) is 1. The van der Waals surface area contributed by atoms with Crippen LogP contribution in [0.3, 0.4) is 0 Å². The Balaban J connectivity index is 2.14. The lowest BCUT2D eigenvalue weighted by atomic mass is 10.1. The number of rotatable bonds is 4. The predicted octanol–water partition coefficient (Wildman–Crippen LogP) is 1.91. The van der Waals surface area contributed by atoms with Crippen LogP contribution in [-0.4, -0.2) is 16.1 Å². The highest BCUT2D eigenvalue weighted by Crippen LogP contribution is 2.42. The zero-order chi connectivity index (χ0) is 9.26. The zero-order valence-electron chi connectivity index (χ0n) is 8.08. The Morgan fingerprint density at radius 3 is 2.85 bits per heavy atom. The molecule has 1 heterocycles. The second kappa shape index (κ2) is 3.72. The molecule has 1 aromatic rings. The van der Waals surface area contributed by atoms with Crippen molar-refractivity contribution in [2.24, 2.45) is 5.92 Å². The molecular weight excluding hydrogens is 182 g/mol. The summed E-state index contributed by atoms with van der Waals surface area (Å²) in [6, 6.07) is 0.519. The van der Waals surface area contributed by atoms with E-state index in [1.807, 2.05) is 6.92 Å². The molecule has 1 unspecified atom stereocenters. The highest BCUT2D eigenvalue weighted by molar-refractivity contribution is 7.05. The van der Waals surface area contributed by atoms with E-state index in [1.165, 1.54) is 17.7 Å². The molecule has 13 heavy (non-hydrogen) atoms. The van der Waals surface area contributed by atoms with Crippen molar-refractivity contribution < 1.29 is 0 Å². The lowest BCUT2D eigenvalue weighted by Gasteiger charge is -2.14. The normalized spacial score (nSPS) is 18.9. The first-order chi connectivity index (χ1) is 6.33. The van der Waals surface area contributed by atoms with E-state index in [0.29, 0.717) is 6.04 Å². The zero-order valence-corrected chi connectivity index (χ0v) is 8.90. The molecule has 0 saturated heterocycles. The second-order valence-corrected chi connectivity index (χ2v) is 4.38. The Morgan fingerprint density at radius 2 is 2.38 bits per heavy atom. The van der Waals surface area contributed by atoms with E-state index in [0.717, 1.165) is 18.2 Å². The molecule has 1 aliphatic carbocycles. The first-order valence-corrected chi connectivity index (χ1v) is 5.62. The topological polar surface area (TPSA) is 37.8 Å². The number of hydrogen-bond acceptors (Lipinski definition) is 4. The van der Waals surface area contributed by atoms with Gasteiger partial charge in [0, 0.05) is 6.04 Å². The molecule has 0 radical (unpaired) electrons. The minimum absolute atomic E-state index is 0.519. The molecule has 1 fully saturated rings. The van der Waals surface area contributed by atoms with E-state index in [9.17, 15) is 0 Å². The third-order valence-corrected chi connectivity index (χ3v) is 3.40. The molecule has 0 spiro atoms. The molecule has 4 heteroatoms. The van der Waals surface area contributed by atoms with Gasteiger partial charge in [-0.15, -0.1) is 5.10 Å². The van der Waals surface area contributed by atoms with E-state index in [1.54, 1.807) is 11.5 Å². The maximum absolute atomic E-state index is 4.06. The van der Waals surface area contributed by atoms with Crippen molar-refractivity contribution in [3.05, 3.63) is 10.6 Å². The van der Waals surface area contributed by atoms with E-state index >= 15 is 0 Å². The molecule has 0 bridgehead atoms. The SMILES string of the molecule is CCNC(c1snnc1C)C1CC1. The minimum atomic E-state index is 0.519. The molecule has 0 aliphatic heterocycles. The van der Waals surface area contributed by atoms with Gasteiger partial charge in [0.1, 0.15) is 0 Å². The summed E-state index contributed by atoms with van der Waals surface area (Å²) in [6.07, 6.45) is 2.71. The first kappa shape index (κ1) is 9.09. The monoisotopic (exact) mass is 197 g/mol. The average molecular weight is 197 g/mol. The van der Waals surface area contributed by atoms with Gasteiger partial charge < -0.3 is 5.32 Å². The van der Waals surface area contributed by atoms with E-state index < -0.39 is 0 Å². The van der Waals surface area contributed by atoms with Crippen molar-refractivity contribution in [3.63, 3.8) is 0 Å². The van der Waals surface area contributed by atoms with Crippen LogP contribution >= 0.6 is 11.5 Å². The molecule has 1 aliphatic rings. The molecule has 1 saturated carbocycles. The number of nitrogens with zero attached hydrogens (tertiary/aromatic N) is 2. The van der Waals surface area contributed by atoms with Crippen LogP contribution in [0, 0.1) is 12.8 Å². The second-order valence-electron chi connectivity index (χ2n) is 3.60. The standard InChI is InChI=1S/C9H15N3S/c1-3-10-8(7-4-5-7)9-6(2)11-12-13-9/h7-8,10H,3-5H2,1-2H3. The minimum Gasteiger partial charge on any atom is -0.309 e. The van der Waals surface area contributed by atoms with Gasteiger partial charge >= 0.3 is 0 Å². The van der Waals surface area contributed by atoms with Crippen molar-refractivity contribution in [2.45, 2.75) is 32.7 Å². The highest BCUT2D eigenvalue weighted by Gasteiger charge is 2.33. The summed E-state index contributed by atoms with van der Waals surface area (Å²) >= 11 is 1.54. The van der Waals surface area contributed by atoms with Gasteiger partial charge in [-0.25, -0.2) is 0 Å². The van der Waals surface area contributed by atoms with E-state index in [-0.39, 0.29) is 0 Å². The van der Waals surface area contributed by atoms with Gasteiger partial charge in [0.25, 0.3) is 0 Å². The van der Waals surface area contributed by atoms with Gasteiger partial charge in [0.2, 0.25) is 0 Å². The maximum atomic E-state index is 4.06. The molecule has 0 aromatic carbocycles. The molecule has 3 nitrogen and oxygen atoms in total. The summed E-state index contributed by atoms with van der Waals surface area (Å²) in [5.41, 5.74) is 1.10. The summed E-state index contributed by atoms with van der Waals surface area (Å²) in [6.45, 7) is 5.23. The van der Waals surface area contributed by atoms with Gasteiger partial charge in [-0.3, -0.25) is 0 Å². The van der Waals surface area contributed by atoms with E-state index in [2.05, 4.69) is 21.8 Å². The van der Waals surface area contributed by atoms with Crippen LogP contribution in [0.4, 0.5) is 0 Å². The van der Waals surface area contributed by atoms with Gasteiger partial charge in [0.05, 0.1) is 10.6 Å². The van der Waals surface area contributed by atoms with Crippen LogP contribution in [-0.2, 0) is 0 Å². The molecule has 2 rings (SSSR count). The Labute approximate surface area is 82.7 Å². The van der Waals surface area contributed by atoms with Crippen LogP contribution in [0.25, 0.3) is 0 Å². The quantitative estimate of drug-likeness (QED) is 0.801. The van der Waals surface area contributed by atoms with Gasteiger partial charge in [-0.05, 0) is 43.8 Å². The van der Waals surface area contributed by atoms with Crippen molar-refractivity contribution in [2.75, 3.05) is 6.54 Å². The van der Waals surface area contributed by atoms with Crippen LogP contribution in [0.2, 0.25) is 0 Å². The number of nitrogens with one attached hydrogen (secondary N) is 1. The molecule has 1 aromatic heterocycles. The van der Waals surface area contributed by atoms with Crippen LogP contribution in [0.1, 0.15) is 36.4 Å². The predicted molar refractivity (Wildman–Crippen MR) is 53.8 cm³/mol. The summed E-state index contributed by atoms with van der Waals surface area (Å²) < 4.78 is 3.99. The summed E-state index contributed by atoms with van der Waals surface area (Å²) in [4.78, 5) is 1.34. The first-order valence-electron chi connectivity index (χ1n) is 4.85. The van der Waals surface area contributed by atoms with Crippen molar-refractivity contribution >= 4 is 11.5 Å². The highest BCUT2D eigenvalue weighted by atomic mass is 32.1. The fourth-order valence-electron chi connectivity index (χ4n) is 1.65. The summed E-state index contributed by atoms with van der Waals surface area (Å²) in [5, 5.41) is 7.58. The summed E-state index contributed by atoms with van der Waals surface area (Å²) in [5.74, 6) is 0.834. The van der Waals surface area contributed by atoms with Crippen LogP contribution in [0.15, 0.2) is 0 Å².